The minimum Gasteiger partial charge on any atom is -0.508 e. The van der Waals surface area contributed by atoms with Crippen LogP contribution in [0.4, 0.5) is 0 Å². The fraction of sp³-hybridized carbons (Fsp3) is 0.571. The summed E-state index contributed by atoms with van der Waals surface area (Å²) < 4.78 is 6.07. The van der Waals surface area contributed by atoms with E-state index in [-0.39, 0.29) is 17.7 Å². The number of phenols is 1. The molecule has 2 rings (SSSR count). The Morgan fingerprint density at radius 2 is 1.94 bits per heavy atom. The Balaban J connectivity index is 2.20. The Hall–Kier alpha value is -1.06. The van der Waals surface area contributed by atoms with Crippen molar-refractivity contribution in [3.63, 3.8) is 0 Å². The van der Waals surface area contributed by atoms with Crippen LogP contribution in [-0.2, 0) is 4.74 Å². The van der Waals surface area contributed by atoms with Crippen LogP contribution >= 0.6 is 0 Å². The van der Waals surface area contributed by atoms with Gasteiger partial charge in [0.1, 0.15) is 18.1 Å². The highest BCUT2D eigenvalue weighted by molar-refractivity contribution is 5.34. The van der Waals surface area contributed by atoms with Crippen LogP contribution in [-0.4, -0.2) is 29.8 Å². The first kappa shape index (κ1) is 12.4. The molecule has 0 bridgehead atoms. The van der Waals surface area contributed by atoms with E-state index in [1.54, 1.807) is 6.07 Å². The summed E-state index contributed by atoms with van der Waals surface area (Å²) in [5, 5.41) is 9.85. The van der Waals surface area contributed by atoms with Crippen LogP contribution in [0.5, 0.6) is 5.75 Å². The molecule has 1 aliphatic heterocycles. The van der Waals surface area contributed by atoms with Gasteiger partial charge in [-0.3, -0.25) is 4.90 Å². The van der Waals surface area contributed by atoms with Crippen LogP contribution < -0.4 is 0 Å². The summed E-state index contributed by atoms with van der Waals surface area (Å²) >= 11 is 0. The summed E-state index contributed by atoms with van der Waals surface area (Å²) in [6.45, 7) is 7.32. The normalized spacial score (nSPS) is 26.4. The lowest BCUT2D eigenvalue weighted by molar-refractivity contribution is -0.0623. The summed E-state index contributed by atoms with van der Waals surface area (Å²) in [4.78, 5) is 2.21. The number of nitrogens with zero attached hydrogens (tertiary/aromatic N) is 1. The molecule has 1 N–H and O–H groups in total. The highest BCUT2D eigenvalue weighted by Crippen LogP contribution is 2.38. The Bertz CT molecular complexity index is 397. The summed E-state index contributed by atoms with van der Waals surface area (Å²) in [5.74, 6) is 0.320. The van der Waals surface area contributed by atoms with Crippen molar-refractivity contribution in [3.8, 4) is 5.75 Å². The number of benzene rings is 1. The molecule has 0 aliphatic carbocycles. The maximum absolute atomic E-state index is 9.85. The Morgan fingerprint density at radius 3 is 2.47 bits per heavy atom. The Labute approximate surface area is 103 Å². The molecular weight excluding hydrogens is 214 g/mol. The van der Waals surface area contributed by atoms with Gasteiger partial charge in [0.2, 0.25) is 0 Å². The zero-order valence-corrected chi connectivity index (χ0v) is 11.0. The lowest BCUT2D eigenvalue weighted by Gasteiger charge is -2.31. The van der Waals surface area contributed by atoms with E-state index in [9.17, 15) is 5.11 Å². The monoisotopic (exact) mass is 235 g/mol. The standard InChI is InChI=1S/C14H21NO2/c1-14(2,3)13-15(4)9-12(17-13)10-7-5-6-8-11(10)16/h5-8,12-13,16H,9H2,1-4H3. The highest BCUT2D eigenvalue weighted by atomic mass is 16.5. The predicted octanol–water partition coefficient (Wildman–Crippen LogP) is 2.77. The molecule has 1 fully saturated rings. The van der Waals surface area contributed by atoms with Gasteiger partial charge in [-0.1, -0.05) is 39.0 Å². The molecule has 17 heavy (non-hydrogen) atoms. The molecule has 0 amide bonds. The molecule has 3 heteroatoms. The van der Waals surface area contributed by atoms with Crippen LogP contribution in [0, 0.1) is 5.41 Å². The van der Waals surface area contributed by atoms with E-state index in [2.05, 4.69) is 32.7 Å². The fourth-order valence-electron chi connectivity index (χ4n) is 2.46. The molecule has 0 radical (unpaired) electrons. The van der Waals surface area contributed by atoms with Gasteiger partial charge in [-0.2, -0.15) is 0 Å². The molecule has 0 aromatic heterocycles. The number of hydrogen-bond donors (Lipinski definition) is 1. The van der Waals surface area contributed by atoms with Crippen LogP contribution in [0.15, 0.2) is 24.3 Å². The van der Waals surface area contributed by atoms with Crippen molar-refractivity contribution in [1.29, 1.82) is 0 Å². The second kappa shape index (κ2) is 4.31. The maximum Gasteiger partial charge on any atom is 0.121 e. The van der Waals surface area contributed by atoms with E-state index >= 15 is 0 Å². The number of phenolic OH excluding ortho intramolecular Hbond substituents is 1. The first-order valence-corrected chi connectivity index (χ1v) is 6.03. The minimum absolute atomic E-state index is 0.0366. The van der Waals surface area contributed by atoms with Crippen LogP contribution in [0.25, 0.3) is 0 Å². The van der Waals surface area contributed by atoms with Crippen LogP contribution in [0.1, 0.15) is 32.4 Å². The van der Waals surface area contributed by atoms with Crippen LogP contribution in [0.2, 0.25) is 0 Å². The number of ether oxygens (including phenoxy) is 1. The Morgan fingerprint density at radius 1 is 1.29 bits per heavy atom. The van der Waals surface area contributed by atoms with Crippen LogP contribution in [0.3, 0.4) is 0 Å². The molecule has 0 spiro atoms. The van der Waals surface area contributed by atoms with Gasteiger partial charge in [0, 0.05) is 17.5 Å². The smallest absolute Gasteiger partial charge is 0.121 e. The molecule has 2 unspecified atom stereocenters. The molecule has 1 aliphatic rings. The van der Waals surface area contributed by atoms with Crippen molar-refractivity contribution in [1.82, 2.24) is 4.90 Å². The number of likely N-dealkylation sites (N-methyl/N-ethyl adjacent to an activating group) is 1. The van der Waals surface area contributed by atoms with Crippen molar-refractivity contribution in [3.05, 3.63) is 29.8 Å². The summed E-state index contributed by atoms with van der Waals surface area (Å²) in [6, 6.07) is 7.41. The highest BCUT2D eigenvalue weighted by Gasteiger charge is 2.39. The third kappa shape index (κ3) is 2.45. The zero-order chi connectivity index (χ0) is 12.6. The lowest BCUT2D eigenvalue weighted by Crippen LogP contribution is -2.37. The molecule has 2 atom stereocenters. The van der Waals surface area contributed by atoms with Gasteiger partial charge < -0.3 is 9.84 Å². The van der Waals surface area contributed by atoms with E-state index < -0.39 is 0 Å². The summed E-state index contributed by atoms with van der Waals surface area (Å²) in [6.07, 6.45) is 0.0533. The fourth-order valence-corrected chi connectivity index (χ4v) is 2.46. The first-order valence-electron chi connectivity index (χ1n) is 6.03. The van der Waals surface area contributed by atoms with E-state index in [1.807, 2.05) is 18.2 Å². The summed E-state index contributed by atoms with van der Waals surface area (Å²) in [7, 11) is 2.07. The first-order chi connectivity index (χ1) is 7.89. The number of aromatic hydroxyl groups is 1. The minimum atomic E-state index is -0.0366. The molecule has 1 heterocycles. The van der Waals surface area contributed by atoms with Gasteiger partial charge in [-0.05, 0) is 13.1 Å². The average Bonchev–Trinajstić information content (AvgIpc) is 2.60. The van der Waals surface area contributed by atoms with Gasteiger partial charge >= 0.3 is 0 Å². The van der Waals surface area contributed by atoms with Crippen molar-refractivity contribution < 1.29 is 9.84 Å². The zero-order valence-electron chi connectivity index (χ0n) is 11.0. The van der Waals surface area contributed by atoms with Crippen molar-refractivity contribution >= 4 is 0 Å². The van der Waals surface area contributed by atoms with E-state index in [4.69, 9.17) is 4.74 Å². The largest absolute Gasteiger partial charge is 0.508 e. The SMILES string of the molecule is CN1CC(c2ccccc2O)OC1C(C)(C)C. The third-order valence-corrected chi connectivity index (χ3v) is 3.17. The molecule has 94 valence electrons. The molecule has 1 saturated heterocycles. The second-order valence-electron chi connectivity index (χ2n) is 5.84. The predicted molar refractivity (Wildman–Crippen MR) is 67.8 cm³/mol. The van der Waals surface area contributed by atoms with Gasteiger partial charge in [0.05, 0.1) is 0 Å². The van der Waals surface area contributed by atoms with Crippen molar-refractivity contribution in [2.75, 3.05) is 13.6 Å². The van der Waals surface area contributed by atoms with Gasteiger partial charge in [-0.25, -0.2) is 0 Å². The van der Waals surface area contributed by atoms with Gasteiger partial charge in [-0.15, -0.1) is 0 Å². The summed E-state index contributed by atoms with van der Waals surface area (Å²) in [5.41, 5.74) is 0.958. The molecular formula is C14H21NO2. The number of para-hydroxylation sites is 1. The molecule has 1 aromatic rings. The maximum atomic E-state index is 9.85. The molecule has 3 nitrogen and oxygen atoms in total. The van der Waals surface area contributed by atoms with Crippen molar-refractivity contribution in [2.24, 2.45) is 5.41 Å². The Kier molecular flexibility index (Phi) is 3.15. The quantitative estimate of drug-likeness (QED) is 0.812. The van der Waals surface area contributed by atoms with E-state index in [0.29, 0.717) is 5.75 Å². The van der Waals surface area contributed by atoms with Crippen molar-refractivity contribution in [2.45, 2.75) is 33.1 Å². The molecule has 1 aromatic carbocycles. The van der Waals surface area contributed by atoms with Gasteiger partial charge in [0.25, 0.3) is 0 Å². The number of rotatable bonds is 1. The lowest BCUT2D eigenvalue weighted by atomic mass is 9.94. The molecule has 0 saturated carbocycles. The topological polar surface area (TPSA) is 32.7 Å². The number of hydrogen-bond acceptors (Lipinski definition) is 3. The van der Waals surface area contributed by atoms with Gasteiger partial charge in [0.15, 0.2) is 0 Å². The third-order valence-electron chi connectivity index (χ3n) is 3.17. The van der Waals surface area contributed by atoms with E-state index in [1.165, 1.54) is 0 Å². The second-order valence-corrected chi connectivity index (χ2v) is 5.84. The van der Waals surface area contributed by atoms with E-state index in [0.717, 1.165) is 12.1 Å². The average molecular weight is 235 g/mol.